The Kier molecular flexibility index (Phi) is 6.39. The fourth-order valence-electron chi connectivity index (χ4n) is 6.21. The van der Waals surface area contributed by atoms with Crippen LogP contribution >= 0.6 is 0 Å². The normalized spacial score (nSPS) is 22.1. The first kappa shape index (κ1) is 22.0. The maximum absolute atomic E-state index is 13.8. The Morgan fingerprint density at radius 2 is 1.91 bits per heavy atom. The summed E-state index contributed by atoms with van der Waals surface area (Å²) < 4.78 is 5.63. The maximum atomic E-state index is 13.8. The molecule has 5 rings (SSSR count). The van der Waals surface area contributed by atoms with Crippen molar-refractivity contribution in [2.45, 2.75) is 82.2 Å². The van der Waals surface area contributed by atoms with Crippen molar-refractivity contribution in [3.8, 4) is 0 Å². The summed E-state index contributed by atoms with van der Waals surface area (Å²) in [5.74, 6) is 0.469. The van der Waals surface area contributed by atoms with Crippen molar-refractivity contribution in [2.24, 2.45) is 0 Å². The maximum Gasteiger partial charge on any atom is 0.255 e. The predicted molar refractivity (Wildman–Crippen MR) is 128 cm³/mol. The van der Waals surface area contributed by atoms with Crippen LogP contribution in [0.1, 0.15) is 91.8 Å². The lowest BCUT2D eigenvalue weighted by molar-refractivity contribution is -0.127. The molecule has 1 aromatic carbocycles. The number of fused-ring (bicyclic) bond motifs is 1. The minimum absolute atomic E-state index is 0.0142. The van der Waals surface area contributed by atoms with Gasteiger partial charge in [-0.15, -0.1) is 0 Å². The van der Waals surface area contributed by atoms with E-state index in [1.54, 1.807) is 6.26 Å². The number of carbonyl (C=O) groups is 2. The Balaban J connectivity index is 1.47. The van der Waals surface area contributed by atoms with E-state index in [-0.39, 0.29) is 17.7 Å². The third-order valence-electron chi connectivity index (χ3n) is 7.83. The minimum Gasteiger partial charge on any atom is -0.467 e. The summed E-state index contributed by atoms with van der Waals surface area (Å²) in [5, 5.41) is 3.27. The van der Waals surface area contributed by atoms with Gasteiger partial charge in [0, 0.05) is 12.1 Å². The fraction of sp³-hybridized carbons (Fsp3) is 0.500. The molecule has 1 atom stereocenters. The molecule has 0 bridgehead atoms. The molecule has 2 amide bonds. The van der Waals surface area contributed by atoms with Crippen molar-refractivity contribution in [3.05, 3.63) is 71.2 Å². The molecule has 1 saturated carbocycles. The van der Waals surface area contributed by atoms with E-state index in [9.17, 15) is 9.59 Å². The predicted octanol–water partition coefficient (Wildman–Crippen LogP) is 5.73. The number of nitrogens with one attached hydrogen (secondary N) is 1. The molecule has 1 fully saturated rings. The van der Waals surface area contributed by atoms with Crippen LogP contribution in [0.4, 0.5) is 0 Å². The lowest BCUT2D eigenvalue weighted by Crippen LogP contribution is -2.62. The zero-order valence-electron chi connectivity index (χ0n) is 19.4. The summed E-state index contributed by atoms with van der Waals surface area (Å²) in [6.45, 7) is 1.06. The van der Waals surface area contributed by atoms with Gasteiger partial charge in [0.15, 0.2) is 0 Å². The Bertz CT molecular complexity index is 1020. The molecule has 0 unspecified atom stereocenters. The van der Waals surface area contributed by atoms with Crippen LogP contribution in [0.3, 0.4) is 0 Å². The SMILES string of the molecule is O=C(NCCC1=CCCCC1)[C@@H]1c2ccccc2C(=O)N(Cc2ccco2)C12CCCCC2. The van der Waals surface area contributed by atoms with E-state index in [1.165, 1.54) is 18.4 Å². The topological polar surface area (TPSA) is 62.6 Å². The van der Waals surface area contributed by atoms with Crippen molar-refractivity contribution in [3.63, 3.8) is 0 Å². The van der Waals surface area contributed by atoms with E-state index in [4.69, 9.17) is 4.42 Å². The monoisotopic (exact) mass is 446 g/mol. The molecular formula is C28H34N2O3. The van der Waals surface area contributed by atoms with Crippen molar-refractivity contribution < 1.29 is 14.0 Å². The molecule has 0 radical (unpaired) electrons. The summed E-state index contributed by atoms with van der Waals surface area (Å²) in [7, 11) is 0. The Morgan fingerprint density at radius 1 is 1.06 bits per heavy atom. The molecule has 1 aromatic heterocycles. The van der Waals surface area contributed by atoms with Crippen LogP contribution in [0.5, 0.6) is 0 Å². The fourth-order valence-corrected chi connectivity index (χ4v) is 6.21. The lowest BCUT2D eigenvalue weighted by Gasteiger charge is -2.53. The molecule has 174 valence electrons. The van der Waals surface area contributed by atoms with Crippen LogP contribution in [0.25, 0.3) is 0 Å². The Hall–Kier alpha value is -2.82. The van der Waals surface area contributed by atoms with Crippen LogP contribution < -0.4 is 5.32 Å². The average Bonchev–Trinajstić information content (AvgIpc) is 3.37. The van der Waals surface area contributed by atoms with Gasteiger partial charge in [0.2, 0.25) is 5.91 Å². The van der Waals surface area contributed by atoms with Crippen LogP contribution in [-0.2, 0) is 11.3 Å². The van der Waals surface area contributed by atoms with E-state index < -0.39 is 5.54 Å². The van der Waals surface area contributed by atoms with Gasteiger partial charge in [-0.05, 0) is 68.7 Å². The zero-order valence-corrected chi connectivity index (χ0v) is 19.4. The molecule has 2 aliphatic carbocycles. The second-order valence-electron chi connectivity index (χ2n) is 9.80. The number of nitrogens with zero attached hydrogens (tertiary/aromatic N) is 1. The van der Waals surface area contributed by atoms with Crippen molar-refractivity contribution in [1.82, 2.24) is 10.2 Å². The van der Waals surface area contributed by atoms with Gasteiger partial charge >= 0.3 is 0 Å². The van der Waals surface area contributed by atoms with Gasteiger partial charge in [0.25, 0.3) is 5.91 Å². The molecule has 3 aliphatic rings. The first-order valence-corrected chi connectivity index (χ1v) is 12.6. The summed E-state index contributed by atoms with van der Waals surface area (Å²) in [4.78, 5) is 29.5. The second-order valence-corrected chi connectivity index (χ2v) is 9.80. The van der Waals surface area contributed by atoms with Crippen LogP contribution in [0, 0.1) is 0 Å². The van der Waals surface area contributed by atoms with Gasteiger partial charge in [-0.25, -0.2) is 0 Å². The molecule has 5 nitrogen and oxygen atoms in total. The number of amides is 2. The first-order chi connectivity index (χ1) is 16.2. The number of benzene rings is 1. The van der Waals surface area contributed by atoms with Gasteiger partial charge in [-0.1, -0.05) is 49.1 Å². The quantitative estimate of drug-likeness (QED) is 0.577. The summed E-state index contributed by atoms with van der Waals surface area (Å²) in [6.07, 6.45) is 14.6. The van der Waals surface area contributed by atoms with Crippen LogP contribution in [-0.4, -0.2) is 28.8 Å². The van der Waals surface area contributed by atoms with Crippen LogP contribution in [0.15, 0.2) is 58.7 Å². The summed E-state index contributed by atoms with van der Waals surface area (Å²) >= 11 is 0. The van der Waals surface area contributed by atoms with E-state index in [0.717, 1.165) is 62.7 Å². The molecule has 2 heterocycles. The highest BCUT2D eigenvalue weighted by Crippen LogP contribution is 2.49. The van der Waals surface area contributed by atoms with E-state index in [2.05, 4.69) is 11.4 Å². The molecule has 33 heavy (non-hydrogen) atoms. The zero-order chi connectivity index (χ0) is 22.7. The standard InChI is InChI=1S/C28H34N2O3/c31-26(29-18-15-21-10-3-1-4-11-21)25-23-13-5-6-14-24(23)27(32)30(20-22-12-9-19-33-22)28(25)16-7-2-8-17-28/h5-6,9-10,12-14,19,25H,1-4,7-8,11,15-18,20H2,(H,29,31)/t25-/m0/s1. The first-order valence-electron chi connectivity index (χ1n) is 12.6. The van der Waals surface area contributed by atoms with Gasteiger partial charge in [-0.3, -0.25) is 9.59 Å². The molecular weight excluding hydrogens is 412 g/mol. The van der Waals surface area contributed by atoms with Gasteiger partial charge < -0.3 is 14.6 Å². The van der Waals surface area contributed by atoms with Gasteiger partial charge in [-0.2, -0.15) is 0 Å². The Labute approximate surface area is 196 Å². The van der Waals surface area contributed by atoms with Crippen molar-refractivity contribution in [1.29, 1.82) is 0 Å². The van der Waals surface area contributed by atoms with E-state index >= 15 is 0 Å². The van der Waals surface area contributed by atoms with Crippen molar-refractivity contribution >= 4 is 11.8 Å². The highest BCUT2D eigenvalue weighted by Gasteiger charge is 2.54. The molecule has 0 saturated heterocycles. The number of carbonyl (C=O) groups excluding carboxylic acids is 2. The number of furan rings is 1. The molecule has 2 aromatic rings. The second kappa shape index (κ2) is 9.58. The minimum atomic E-state index is -0.509. The molecule has 1 aliphatic heterocycles. The number of hydrogen-bond donors (Lipinski definition) is 1. The number of rotatable bonds is 6. The molecule has 1 N–H and O–H groups in total. The smallest absolute Gasteiger partial charge is 0.255 e. The third kappa shape index (κ3) is 4.25. The van der Waals surface area contributed by atoms with E-state index in [1.807, 2.05) is 41.3 Å². The third-order valence-corrected chi connectivity index (χ3v) is 7.83. The lowest BCUT2D eigenvalue weighted by atomic mass is 9.65. The average molecular weight is 447 g/mol. The molecule has 5 heteroatoms. The van der Waals surface area contributed by atoms with E-state index in [0.29, 0.717) is 18.7 Å². The van der Waals surface area contributed by atoms with Crippen LogP contribution in [0.2, 0.25) is 0 Å². The van der Waals surface area contributed by atoms with Gasteiger partial charge in [0.05, 0.1) is 24.3 Å². The molecule has 1 spiro atoms. The summed E-state index contributed by atoms with van der Waals surface area (Å²) in [5.41, 5.74) is 2.49. The highest BCUT2D eigenvalue weighted by molar-refractivity contribution is 6.02. The highest BCUT2D eigenvalue weighted by atomic mass is 16.3. The van der Waals surface area contributed by atoms with Gasteiger partial charge in [0.1, 0.15) is 5.76 Å². The summed E-state index contributed by atoms with van der Waals surface area (Å²) in [6, 6.07) is 11.5. The number of allylic oxidation sites excluding steroid dienone is 1. The largest absolute Gasteiger partial charge is 0.467 e. The number of hydrogen-bond acceptors (Lipinski definition) is 3. The van der Waals surface area contributed by atoms with Crippen molar-refractivity contribution in [2.75, 3.05) is 6.54 Å². The Morgan fingerprint density at radius 3 is 2.67 bits per heavy atom.